The van der Waals surface area contributed by atoms with E-state index in [1.807, 2.05) is 6.92 Å². The zero-order valence-corrected chi connectivity index (χ0v) is 10.4. The van der Waals surface area contributed by atoms with Crippen molar-refractivity contribution in [1.29, 1.82) is 0 Å². The van der Waals surface area contributed by atoms with E-state index in [0.717, 1.165) is 5.56 Å². The van der Waals surface area contributed by atoms with Gasteiger partial charge in [-0.05, 0) is 40.5 Å². The molecule has 2 unspecified atom stereocenters. The van der Waals surface area contributed by atoms with Crippen molar-refractivity contribution in [2.75, 3.05) is 18.5 Å². The maximum absolute atomic E-state index is 13.3. The van der Waals surface area contributed by atoms with E-state index in [2.05, 4.69) is 21.2 Å². The fourth-order valence-corrected chi connectivity index (χ4v) is 2.14. The van der Waals surface area contributed by atoms with Gasteiger partial charge < -0.3 is 15.2 Å². The molecule has 16 heavy (non-hydrogen) atoms. The summed E-state index contributed by atoms with van der Waals surface area (Å²) in [4.78, 5) is 0. The zero-order valence-electron chi connectivity index (χ0n) is 8.84. The van der Waals surface area contributed by atoms with Crippen LogP contribution in [0.4, 0.5) is 10.1 Å². The summed E-state index contributed by atoms with van der Waals surface area (Å²) >= 11 is 3.13. The first-order valence-corrected chi connectivity index (χ1v) is 5.85. The van der Waals surface area contributed by atoms with Crippen molar-refractivity contribution in [3.05, 3.63) is 28.0 Å². The Bertz CT molecular complexity index is 400. The first kappa shape index (κ1) is 11.8. The van der Waals surface area contributed by atoms with Gasteiger partial charge in [0.05, 0.1) is 29.8 Å². The SMILES string of the molecule is Cc1cc(Br)c(F)cc1NC1COCC1O. The number of ether oxygens (including phenoxy) is 1. The van der Waals surface area contributed by atoms with Crippen LogP contribution in [-0.4, -0.2) is 30.5 Å². The third-order valence-corrected chi connectivity index (χ3v) is 3.27. The van der Waals surface area contributed by atoms with Gasteiger partial charge in [-0.25, -0.2) is 4.39 Å². The number of rotatable bonds is 2. The van der Waals surface area contributed by atoms with Gasteiger partial charge >= 0.3 is 0 Å². The predicted molar refractivity (Wildman–Crippen MR) is 63.1 cm³/mol. The van der Waals surface area contributed by atoms with Crippen LogP contribution in [0.5, 0.6) is 0 Å². The lowest BCUT2D eigenvalue weighted by molar-refractivity contribution is 0.125. The molecule has 1 aromatic rings. The second-order valence-corrected chi connectivity index (χ2v) is 4.79. The minimum absolute atomic E-state index is 0.167. The second-order valence-electron chi connectivity index (χ2n) is 3.94. The van der Waals surface area contributed by atoms with Crippen LogP contribution >= 0.6 is 15.9 Å². The molecule has 2 rings (SSSR count). The van der Waals surface area contributed by atoms with E-state index in [1.54, 1.807) is 6.07 Å². The number of anilines is 1. The third kappa shape index (κ3) is 2.36. The lowest BCUT2D eigenvalue weighted by Gasteiger charge is -2.18. The molecule has 1 aliphatic rings. The Morgan fingerprint density at radius 3 is 2.88 bits per heavy atom. The minimum Gasteiger partial charge on any atom is -0.388 e. The van der Waals surface area contributed by atoms with E-state index in [9.17, 15) is 9.50 Å². The van der Waals surface area contributed by atoms with E-state index < -0.39 is 6.10 Å². The standard InChI is InChI=1S/C11H13BrFNO2/c1-6-2-7(12)8(13)3-9(6)14-10-4-16-5-11(10)15/h2-3,10-11,14-15H,4-5H2,1H3. The fourth-order valence-electron chi connectivity index (χ4n) is 1.68. The Hall–Kier alpha value is -0.650. The molecule has 0 spiro atoms. The number of hydrogen-bond donors (Lipinski definition) is 2. The highest BCUT2D eigenvalue weighted by atomic mass is 79.9. The van der Waals surface area contributed by atoms with E-state index in [0.29, 0.717) is 23.4 Å². The predicted octanol–water partition coefficient (Wildman–Crippen LogP) is 2.07. The zero-order chi connectivity index (χ0) is 11.7. The van der Waals surface area contributed by atoms with Gasteiger partial charge in [0.25, 0.3) is 0 Å². The van der Waals surface area contributed by atoms with Crippen LogP contribution in [0.15, 0.2) is 16.6 Å². The molecule has 0 radical (unpaired) electrons. The lowest BCUT2D eigenvalue weighted by atomic mass is 10.1. The Labute approximate surface area is 102 Å². The van der Waals surface area contributed by atoms with E-state index >= 15 is 0 Å². The smallest absolute Gasteiger partial charge is 0.139 e. The van der Waals surface area contributed by atoms with Gasteiger partial charge in [0.2, 0.25) is 0 Å². The summed E-state index contributed by atoms with van der Waals surface area (Å²) in [5.41, 5.74) is 1.61. The van der Waals surface area contributed by atoms with Crippen molar-refractivity contribution in [3.63, 3.8) is 0 Å². The molecule has 2 atom stereocenters. The minimum atomic E-state index is -0.536. The molecular formula is C11H13BrFNO2. The van der Waals surface area contributed by atoms with Crippen molar-refractivity contribution >= 4 is 21.6 Å². The summed E-state index contributed by atoms with van der Waals surface area (Å²) in [5, 5.41) is 12.7. The molecule has 0 bridgehead atoms. The summed E-state index contributed by atoms with van der Waals surface area (Å²) in [6, 6.07) is 2.96. The third-order valence-electron chi connectivity index (χ3n) is 2.66. The van der Waals surface area contributed by atoms with Gasteiger partial charge in [0.1, 0.15) is 5.82 Å². The Morgan fingerprint density at radius 1 is 1.50 bits per heavy atom. The lowest BCUT2D eigenvalue weighted by Crippen LogP contribution is -2.32. The van der Waals surface area contributed by atoms with Gasteiger partial charge in [0.15, 0.2) is 0 Å². The Morgan fingerprint density at radius 2 is 2.25 bits per heavy atom. The topological polar surface area (TPSA) is 41.5 Å². The molecule has 1 heterocycles. The first-order chi connectivity index (χ1) is 7.58. The highest BCUT2D eigenvalue weighted by molar-refractivity contribution is 9.10. The first-order valence-electron chi connectivity index (χ1n) is 5.06. The van der Waals surface area contributed by atoms with Crippen LogP contribution in [-0.2, 0) is 4.74 Å². The van der Waals surface area contributed by atoms with Gasteiger partial charge in [-0.3, -0.25) is 0 Å². The highest BCUT2D eigenvalue weighted by Gasteiger charge is 2.26. The van der Waals surface area contributed by atoms with Crippen LogP contribution in [0.3, 0.4) is 0 Å². The molecule has 0 saturated carbocycles. The number of hydrogen-bond acceptors (Lipinski definition) is 3. The molecule has 0 aromatic heterocycles. The van der Waals surface area contributed by atoms with Crippen LogP contribution < -0.4 is 5.32 Å². The molecule has 3 nitrogen and oxygen atoms in total. The average Bonchev–Trinajstić information content (AvgIpc) is 2.61. The van der Waals surface area contributed by atoms with Crippen molar-refractivity contribution in [1.82, 2.24) is 0 Å². The largest absolute Gasteiger partial charge is 0.388 e. The van der Waals surface area contributed by atoms with Gasteiger partial charge in [-0.2, -0.15) is 0 Å². The Kier molecular flexibility index (Phi) is 3.47. The van der Waals surface area contributed by atoms with Crippen LogP contribution in [0.1, 0.15) is 5.56 Å². The maximum atomic E-state index is 13.3. The van der Waals surface area contributed by atoms with Crippen molar-refractivity contribution < 1.29 is 14.2 Å². The van der Waals surface area contributed by atoms with Crippen molar-refractivity contribution in [2.45, 2.75) is 19.1 Å². The van der Waals surface area contributed by atoms with Gasteiger partial charge in [-0.15, -0.1) is 0 Å². The average molecular weight is 290 g/mol. The van der Waals surface area contributed by atoms with Gasteiger partial charge in [-0.1, -0.05) is 0 Å². The molecule has 0 aliphatic carbocycles. The van der Waals surface area contributed by atoms with E-state index in [4.69, 9.17) is 4.74 Å². The summed E-state index contributed by atoms with van der Waals surface area (Å²) in [6.07, 6.45) is -0.536. The molecule has 2 N–H and O–H groups in total. The number of aliphatic hydroxyl groups is 1. The van der Waals surface area contributed by atoms with Crippen molar-refractivity contribution in [2.24, 2.45) is 0 Å². The number of halogens is 2. The normalized spacial score (nSPS) is 24.8. The summed E-state index contributed by atoms with van der Waals surface area (Å²) in [7, 11) is 0. The number of aryl methyl sites for hydroxylation is 1. The van der Waals surface area contributed by atoms with Crippen LogP contribution in [0.2, 0.25) is 0 Å². The molecule has 0 amide bonds. The molecule has 1 aliphatic heterocycles. The summed E-state index contributed by atoms with van der Waals surface area (Å²) in [5.74, 6) is -0.318. The Balaban J connectivity index is 2.18. The molecule has 1 fully saturated rings. The van der Waals surface area contributed by atoms with E-state index in [-0.39, 0.29) is 11.9 Å². The van der Waals surface area contributed by atoms with Crippen molar-refractivity contribution in [3.8, 4) is 0 Å². The highest BCUT2D eigenvalue weighted by Crippen LogP contribution is 2.25. The summed E-state index contributed by atoms with van der Waals surface area (Å²) < 4.78 is 18.9. The van der Waals surface area contributed by atoms with E-state index in [1.165, 1.54) is 6.07 Å². The summed E-state index contributed by atoms with van der Waals surface area (Å²) in [6.45, 7) is 2.66. The number of nitrogens with one attached hydrogen (secondary N) is 1. The molecule has 88 valence electrons. The van der Waals surface area contributed by atoms with Crippen LogP contribution in [0, 0.1) is 12.7 Å². The molecular weight excluding hydrogens is 277 g/mol. The number of aliphatic hydroxyl groups excluding tert-OH is 1. The fraction of sp³-hybridized carbons (Fsp3) is 0.455. The monoisotopic (exact) mass is 289 g/mol. The number of benzene rings is 1. The second kappa shape index (κ2) is 4.69. The molecule has 5 heteroatoms. The quantitative estimate of drug-likeness (QED) is 0.876. The van der Waals surface area contributed by atoms with Gasteiger partial charge in [0, 0.05) is 5.69 Å². The molecule has 1 aromatic carbocycles. The molecule has 1 saturated heterocycles. The van der Waals surface area contributed by atoms with Crippen LogP contribution in [0.25, 0.3) is 0 Å². The maximum Gasteiger partial charge on any atom is 0.139 e.